The summed E-state index contributed by atoms with van der Waals surface area (Å²) < 4.78 is 33.4. The summed E-state index contributed by atoms with van der Waals surface area (Å²) in [6, 6.07) is -0.413. The monoisotopic (exact) mass is 414 g/mol. The number of aromatic nitrogens is 1. The summed E-state index contributed by atoms with van der Waals surface area (Å²) in [5.74, 6) is -1.83. The van der Waals surface area contributed by atoms with Crippen LogP contribution < -0.4 is 0 Å². The van der Waals surface area contributed by atoms with Crippen LogP contribution in [0.15, 0.2) is 0 Å². The minimum absolute atomic E-state index is 0.0485. The smallest absolute Gasteiger partial charge is 0.355 e. The standard InChI is InChI=1S/C18H26N2O7S/c1-6-20(13-7-8-28(24,25)9-13)16(21)12(4)27-18(23)15-10(2)14(11(3)19-15)17(22)26-5/h12-13,19H,6-9H2,1-5H3/t12-,13+/m1/s1. The number of H-pyrrole nitrogens is 1. The average molecular weight is 414 g/mol. The molecule has 1 aliphatic heterocycles. The number of hydrogen-bond acceptors (Lipinski definition) is 7. The minimum atomic E-state index is -3.14. The summed E-state index contributed by atoms with van der Waals surface area (Å²) in [6.45, 7) is 6.72. The van der Waals surface area contributed by atoms with E-state index in [0.29, 0.717) is 24.2 Å². The second kappa shape index (κ2) is 8.34. The second-order valence-corrected chi connectivity index (χ2v) is 9.07. The predicted molar refractivity (Wildman–Crippen MR) is 101 cm³/mol. The summed E-state index contributed by atoms with van der Waals surface area (Å²) in [5.41, 5.74) is 1.16. The zero-order valence-electron chi connectivity index (χ0n) is 16.7. The molecule has 1 N–H and O–H groups in total. The molecule has 0 radical (unpaired) electrons. The molecule has 28 heavy (non-hydrogen) atoms. The van der Waals surface area contributed by atoms with Gasteiger partial charge in [0.15, 0.2) is 15.9 Å². The number of carbonyl (C=O) groups is 3. The first-order valence-corrected chi connectivity index (χ1v) is 10.8. The number of ether oxygens (including phenoxy) is 2. The molecule has 0 aliphatic carbocycles. The molecule has 1 aromatic heterocycles. The van der Waals surface area contributed by atoms with Crippen LogP contribution in [0.2, 0.25) is 0 Å². The van der Waals surface area contributed by atoms with Gasteiger partial charge in [-0.2, -0.15) is 0 Å². The molecule has 1 saturated heterocycles. The van der Waals surface area contributed by atoms with Crippen molar-refractivity contribution in [3.63, 3.8) is 0 Å². The van der Waals surface area contributed by atoms with Crippen molar-refractivity contribution in [1.82, 2.24) is 9.88 Å². The Balaban J connectivity index is 2.13. The lowest BCUT2D eigenvalue weighted by atomic mass is 10.1. The van der Waals surface area contributed by atoms with Gasteiger partial charge in [0, 0.05) is 18.3 Å². The fourth-order valence-electron chi connectivity index (χ4n) is 3.48. The van der Waals surface area contributed by atoms with Gasteiger partial charge in [-0.1, -0.05) is 0 Å². The van der Waals surface area contributed by atoms with Gasteiger partial charge in [-0.3, -0.25) is 4.79 Å². The molecule has 10 heteroatoms. The molecule has 2 rings (SSSR count). The molecule has 1 fully saturated rings. The van der Waals surface area contributed by atoms with E-state index in [1.165, 1.54) is 18.9 Å². The molecule has 1 aliphatic rings. The van der Waals surface area contributed by atoms with Crippen molar-refractivity contribution in [3.8, 4) is 0 Å². The third kappa shape index (κ3) is 4.37. The highest BCUT2D eigenvalue weighted by molar-refractivity contribution is 7.91. The number of hydrogen-bond donors (Lipinski definition) is 1. The van der Waals surface area contributed by atoms with E-state index in [1.54, 1.807) is 20.8 Å². The maximum Gasteiger partial charge on any atom is 0.355 e. The largest absolute Gasteiger partial charge is 0.465 e. The van der Waals surface area contributed by atoms with Crippen LogP contribution in [0, 0.1) is 13.8 Å². The van der Waals surface area contributed by atoms with Crippen molar-refractivity contribution < 1.29 is 32.3 Å². The molecule has 9 nitrogen and oxygen atoms in total. The number of esters is 2. The van der Waals surface area contributed by atoms with Gasteiger partial charge in [-0.15, -0.1) is 0 Å². The zero-order valence-corrected chi connectivity index (χ0v) is 17.5. The van der Waals surface area contributed by atoms with Crippen LogP contribution in [0.5, 0.6) is 0 Å². The van der Waals surface area contributed by atoms with Gasteiger partial charge in [0.05, 0.1) is 24.2 Å². The fraction of sp³-hybridized carbons (Fsp3) is 0.611. The fourth-order valence-corrected chi connectivity index (χ4v) is 5.21. The van der Waals surface area contributed by atoms with Crippen LogP contribution in [0.3, 0.4) is 0 Å². The van der Waals surface area contributed by atoms with E-state index in [9.17, 15) is 22.8 Å². The van der Waals surface area contributed by atoms with Crippen molar-refractivity contribution in [2.24, 2.45) is 0 Å². The van der Waals surface area contributed by atoms with Crippen LogP contribution in [0.4, 0.5) is 0 Å². The van der Waals surface area contributed by atoms with E-state index in [4.69, 9.17) is 9.47 Å². The van der Waals surface area contributed by atoms with E-state index in [1.807, 2.05) is 0 Å². The number of rotatable bonds is 6. The Bertz CT molecular complexity index is 888. The first kappa shape index (κ1) is 21.9. The van der Waals surface area contributed by atoms with Crippen LogP contribution in [0.25, 0.3) is 0 Å². The summed E-state index contributed by atoms with van der Waals surface area (Å²) in [5, 5.41) is 0. The molecular weight excluding hydrogens is 388 g/mol. The van der Waals surface area contributed by atoms with Gasteiger partial charge in [0.1, 0.15) is 5.69 Å². The number of nitrogens with one attached hydrogen (secondary N) is 1. The van der Waals surface area contributed by atoms with Gasteiger partial charge >= 0.3 is 11.9 Å². The highest BCUT2D eigenvalue weighted by Crippen LogP contribution is 2.22. The number of amides is 1. The first-order valence-electron chi connectivity index (χ1n) is 9.01. The Hall–Kier alpha value is -2.36. The van der Waals surface area contributed by atoms with Crippen molar-refractivity contribution in [2.75, 3.05) is 25.2 Å². The number of likely N-dealkylation sites (N-methyl/N-ethyl adjacent to an activating group) is 1. The Labute approximate surface area is 164 Å². The summed E-state index contributed by atoms with van der Waals surface area (Å²) in [4.78, 5) is 41.3. The summed E-state index contributed by atoms with van der Waals surface area (Å²) >= 11 is 0. The molecular formula is C18H26N2O7S. The maximum absolute atomic E-state index is 12.7. The number of nitrogens with zero attached hydrogens (tertiary/aromatic N) is 1. The van der Waals surface area contributed by atoms with Crippen LogP contribution in [0.1, 0.15) is 52.4 Å². The van der Waals surface area contributed by atoms with Crippen molar-refractivity contribution >= 4 is 27.7 Å². The molecule has 0 bridgehead atoms. The Kier molecular flexibility index (Phi) is 6.53. The van der Waals surface area contributed by atoms with E-state index < -0.39 is 39.8 Å². The normalized spacial score (nSPS) is 19.1. The molecule has 0 spiro atoms. The van der Waals surface area contributed by atoms with Gasteiger partial charge in [0.25, 0.3) is 5.91 Å². The Morgan fingerprint density at radius 1 is 1.25 bits per heavy atom. The molecule has 156 valence electrons. The number of aromatic amines is 1. The number of methoxy groups -OCH3 is 1. The predicted octanol–water partition coefficient (Wildman–Crippen LogP) is 0.999. The van der Waals surface area contributed by atoms with Crippen molar-refractivity contribution in [2.45, 2.75) is 46.3 Å². The molecule has 0 aromatic carbocycles. The lowest BCUT2D eigenvalue weighted by Crippen LogP contribution is -2.46. The lowest BCUT2D eigenvalue weighted by molar-refractivity contribution is -0.141. The minimum Gasteiger partial charge on any atom is -0.465 e. The molecule has 0 saturated carbocycles. The number of sulfone groups is 1. The van der Waals surface area contributed by atoms with Gasteiger partial charge in [0.2, 0.25) is 0 Å². The van der Waals surface area contributed by atoms with Crippen molar-refractivity contribution in [1.29, 1.82) is 0 Å². The third-order valence-corrected chi connectivity index (χ3v) is 6.69. The Morgan fingerprint density at radius 2 is 1.89 bits per heavy atom. The summed E-state index contributed by atoms with van der Waals surface area (Å²) in [7, 11) is -1.90. The van der Waals surface area contributed by atoms with Crippen LogP contribution in [-0.4, -0.2) is 73.5 Å². The highest BCUT2D eigenvalue weighted by Gasteiger charge is 2.36. The van der Waals surface area contributed by atoms with Gasteiger partial charge in [-0.25, -0.2) is 18.0 Å². The molecule has 2 atom stereocenters. The van der Waals surface area contributed by atoms with E-state index in [-0.39, 0.29) is 22.8 Å². The average Bonchev–Trinajstić information content (AvgIpc) is 3.13. The van der Waals surface area contributed by atoms with Gasteiger partial charge < -0.3 is 19.4 Å². The molecule has 2 heterocycles. The molecule has 0 unspecified atom stereocenters. The molecule has 1 amide bonds. The maximum atomic E-state index is 12.7. The highest BCUT2D eigenvalue weighted by atomic mass is 32.2. The zero-order chi connectivity index (χ0) is 21.2. The van der Waals surface area contributed by atoms with E-state index >= 15 is 0 Å². The van der Waals surface area contributed by atoms with Crippen molar-refractivity contribution in [3.05, 3.63) is 22.5 Å². The topological polar surface area (TPSA) is 123 Å². The quantitative estimate of drug-likeness (QED) is 0.689. The molecule has 1 aromatic rings. The van der Waals surface area contributed by atoms with Crippen LogP contribution in [-0.2, 0) is 24.1 Å². The Morgan fingerprint density at radius 3 is 2.39 bits per heavy atom. The van der Waals surface area contributed by atoms with E-state index in [0.717, 1.165) is 0 Å². The SMILES string of the molecule is CCN(C(=O)[C@@H](C)OC(=O)c1[nH]c(C)c(C(=O)OC)c1C)[C@H]1CCS(=O)(=O)C1. The lowest BCUT2D eigenvalue weighted by Gasteiger charge is -2.29. The first-order chi connectivity index (χ1) is 13.0. The van der Waals surface area contributed by atoms with E-state index in [2.05, 4.69) is 4.98 Å². The number of aryl methyl sites for hydroxylation is 1. The van der Waals surface area contributed by atoms with Crippen LogP contribution >= 0.6 is 0 Å². The second-order valence-electron chi connectivity index (χ2n) is 6.85. The third-order valence-electron chi connectivity index (χ3n) is 4.94. The van der Waals surface area contributed by atoms with Gasteiger partial charge in [-0.05, 0) is 39.7 Å². The number of carbonyl (C=O) groups excluding carboxylic acids is 3. The summed E-state index contributed by atoms with van der Waals surface area (Å²) in [6.07, 6.45) is -0.722.